The Labute approximate surface area is 111 Å². The van der Waals surface area contributed by atoms with Gasteiger partial charge in [-0.3, -0.25) is 4.79 Å². The lowest BCUT2D eigenvalue weighted by Crippen LogP contribution is -2.23. The van der Waals surface area contributed by atoms with E-state index >= 15 is 0 Å². The molecule has 0 aliphatic heterocycles. The quantitative estimate of drug-likeness (QED) is 0.630. The van der Waals surface area contributed by atoms with E-state index in [-0.39, 0.29) is 19.0 Å². The summed E-state index contributed by atoms with van der Waals surface area (Å²) in [6, 6.07) is 9.02. The first-order valence-electron chi connectivity index (χ1n) is 5.60. The molecule has 2 atom stereocenters. The lowest BCUT2D eigenvalue weighted by molar-refractivity contribution is -0.146. The number of rotatable bonds is 8. The van der Waals surface area contributed by atoms with E-state index < -0.39 is 26.4 Å². The minimum absolute atomic E-state index is 0.168. The van der Waals surface area contributed by atoms with Crippen molar-refractivity contribution in [3.63, 3.8) is 0 Å². The van der Waals surface area contributed by atoms with E-state index in [0.717, 1.165) is 5.56 Å². The summed E-state index contributed by atoms with van der Waals surface area (Å²) < 4.78 is 5.02. The fourth-order valence-electron chi connectivity index (χ4n) is 1.40. The molecule has 7 heteroatoms. The number of aliphatic carboxylic acids is 2. The molecular weight excluding hydrogens is 271 g/mol. The van der Waals surface area contributed by atoms with Crippen molar-refractivity contribution in [1.29, 1.82) is 0 Å². The van der Waals surface area contributed by atoms with Crippen LogP contribution in [0.25, 0.3) is 0 Å². The average molecular weight is 286 g/mol. The van der Waals surface area contributed by atoms with Crippen LogP contribution in [0, 0.1) is 0 Å². The smallest absolute Gasteiger partial charge is 0.333 e. The molecular formula is C12H15O6P. The number of hydrogen-bond donors (Lipinski definition) is 3. The molecule has 0 radical (unpaired) electrons. The monoisotopic (exact) mass is 286 g/mol. The van der Waals surface area contributed by atoms with Crippen molar-refractivity contribution in [2.45, 2.75) is 25.1 Å². The summed E-state index contributed by atoms with van der Waals surface area (Å²) in [6.45, 7) is 0. The second-order valence-corrected chi connectivity index (χ2v) is 5.09. The van der Waals surface area contributed by atoms with Crippen molar-refractivity contribution in [3.8, 4) is 0 Å². The molecule has 0 saturated heterocycles. The van der Waals surface area contributed by atoms with Gasteiger partial charge in [-0.15, -0.1) is 0 Å². The van der Waals surface area contributed by atoms with Crippen molar-refractivity contribution in [2.24, 2.45) is 0 Å². The van der Waals surface area contributed by atoms with E-state index in [4.69, 9.17) is 14.7 Å². The standard InChI is InChI=1S/C12H15O6P/c13-11(14)7-6-10(12(15)16)18-19(17)8-9-4-2-1-3-5-9/h1-5,10,17H,6-8H2,(H,13,14)(H,15,16). The zero-order valence-corrected chi connectivity index (χ0v) is 11.0. The highest BCUT2D eigenvalue weighted by molar-refractivity contribution is 7.45. The van der Waals surface area contributed by atoms with Gasteiger partial charge in [0.2, 0.25) is 0 Å². The van der Waals surface area contributed by atoms with Crippen molar-refractivity contribution in [1.82, 2.24) is 0 Å². The van der Waals surface area contributed by atoms with Gasteiger partial charge in [0.1, 0.15) is 0 Å². The SMILES string of the molecule is O=C(O)CCC(OP(O)Cc1ccccc1)C(=O)O. The summed E-state index contributed by atoms with van der Waals surface area (Å²) in [6.07, 6.45) is -1.56. The second-order valence-electron chi connectivity index (χ2n) is 3.86. The molecule has 0 heterocycles. The van der Waals surface area contributed by atoms with Crippen molar-refractivity contribution in [3.05, 3.63) is 35.9 Å². The Kier molecular flexibility index (Phi) is 6.42. The highest BCUT2D eigenvalue weighted by Crippen LogP contribution is 2.38. The van der Waals surface area contributed by atoms with E-state index in [2.05, 4.69) is 0 Å². The van der Waals surface area contributed by atoms with E-state index in [1.807, 2.05) is 6.07 Å². The molecule has 0 bridgehead atoms. The van der Waals surface area contributed by atoms with Crippen LogP contribution < -0.4 is 0 Å². The van der Waals surface area contributed by atoms with Gasteiger partial charge in [-0.2, -0.15) is 0 Å². The number of carboxylic acids is 2. The summed E-state index contributed by atoms with van der Waals surface area (Å²) in [7, 11) is -1.93. The van der Waals surface area contributed by atoms with Gasteiger partial charge < -0.3 is 19.6 Å². The summed E-state index contributed by atoms with van der Waals surface area (Å²) in [5, 5.41) is 17.4. The maximum absolute atomic E-state index is 10.9. The lowest BCUT2D eigenvalue weighted by Gasteiger charge is -2.16. The number of carboxylic acid groups (broad SMARTS) is 2. The Morgan fingerprint density at radius 3 is 2.37 bits per heavy atom. The minimum Gasteiger partial charge on any atom is -0.481 e. The molecule has 2 unspecified atom stereocenters. The summed E-state index contributed by atoms with van der Waals surface area (Å²) in [4.78, 5) is 31.0. The van der Waals surface area contributed by atoms with Crippen LogP contribution >= 0.6 is 8.38 Å². The molecule has 104 valence electrons. The van der Waals surface area contributed by atoms with Crippen molar-refractivity contribution < 1.29 is 29.2 Å². The molecule has 3 N–H and O–H groups in total. The van der Waals surface area contributed by atoms with Gasteiger partial charge in [-0.05, 0) is 12.0 Å². The highest BCUT2D eigenvalue weighted by Gasteiger charge is 2.23. The van der Waals surface area contributed by atoms with Crippen molar-refractivity contribution in [2.75, 3.05) is 0 Å². The molecule has 0 saturated carbocycles. The van der Waals surface area contributed by atoms with Crippen LogP contribution in [0.3, 0.4) is 0 Å². The lowest BCUT2D eigenvalue weighted by atomic mass is 10.2. The Hall–Kier alpha value is -1.49. The topological polar surface area (TPSA) is 104 Å². The molecule has 1 rings (SSSR count). The molecule has 1 aromatic carbocycles. The second kappa shape index (κ2) is 7.84. The highest BCUT2D eigenvalue weighted by atomic mass is 31.2. The van der Waals surface area contributed by atoms with E-state index in [1.54, 1.807) is 24.3 Å². The normalized spacial score (nSPS) is 13.7. The summed E-state index contributed by atoms with van der Waals surface area (Å²) in [5.41, 5.74) is 0.832. The Morgan fingerprint density at radius 2 is 1.84 bits per heavy atom. The van der Waals surface area contributed by atoms with Gasteiger partial charge in [0.15, 0.2) is 14.5 Å². The fourth-order valence-corrected chi connectivity index (χ4v) is 2.49. The molecule has 0 aliphatic rings. The summed E-state index contributed by atoms with van der Waals surface area (Å²) in [5.74, 6) is -2.36. The van der Waals surface area contributed by atoms with Crippen LogP contribution in [0.2, 0.25) is 0 Å². The van der Waals surface area contributed by atoms with Crippen LogP contribution in [0.5, 0.6) is 0 Å². The van der Waals surface area contributed by atoms with Gasteiger partial charge in [0, 0.05) is 12.6 Å². The van der Waals surface area contributed by atoms with Gasteiger partial charge in [0.25, 0.3) is 0 Å². The average Bonchev–Trinajstić information content (AvgIpc) is 2.35. The predicted molar refractivity (Wildman–Crippen MR) is 68.7 cm³/mol. The first-order valence-corrected chi connectivity index (χ1v) is 7.00. The number of benzene rings is 1. The molecule has 0 aromatic heterocycles. The van der Waals surface area contributed by atoms with Gasteiger partial charge in [-0.1, -0.05) is 30.3 Å². The maximum Gasteiger partial charge on any atom is 0.333 e. The molecule has 0 fully saturated rings. The van der Waals surface area contributed by atoms with Crippen molar-refractivity contribution >= 4 is 20.3 Å². The molecule has 0 aliphatic carbocycles. The van der Waals surface area contributed by atoms with Crippen LogP contribution in [0.4, 0.5) is 0 Å². The maximum atomic E-state index is 10.9. The first-order chi connectivity index (χ1) is 8.99. The van der Waals surface area contributed by atoms with Crippen LogP contribution in [-0.2, 0) is 20.3 Å². The third-order valence-corrected chi connectivity index (χ3v) is 3.44. The van der Waals surface area contributed by atoms with E-state index in [0.29, 0.717) is 0 Å². The fraction of sp³-hybridized carbons (Fsp3) is 0.333. The minimum atomic E-state index is -1.93. The zero-order valence-electron chi connectivity index (χ0n) is 10.1. The van der Waals surface area contributed by atoms with Gasteiger partial charge in [-0.25, -0.2) is 4.79 Å². The van der Waals surface area contributed by atoms with Gasteiger partial charge in [0.05, 0.1) is 0 Å². The van der Waals surface area contributed by atoms with Crippen LogP contribution in [-0.4, -0.2) is 33.1 Å². The molecule has 19 heavy (non-hydrogen) atoms. The number of hydrogen-bond acceptors (Lipinski definition) is 4. The third kappa shape index (κ3) is 6.29. The molecule has 1 aromatic rings. The van der Waals surface area contributed by atoms with E-state index in [1.165, 1.54) is 0 Å². The summed E-state index contributed by atoms with van der Waals surface area (Å²) >= 11 is 0. The predicted octanol–water partition coefficient (Wildman–Crippen LogP) is 1.83. The Bertz CT molecular complexity index is 421. The third-order valence-electron chi connectivity index (χ3n) is 2.31. The Balaban J connectivity index is 2.49. The molecule has 0 amide bonds. The largest absolute Gasteiger partial charge is 0.481 e. The molecule has 6 nitrogen and oxygen atoms in total. The van der Waals surface area contributed by atoms with Gasteiger partial charge >= 0.3 is 11.9 Å². The van der Waals surface area contributed by atoms with E-state index in [9.17, 15) is 14.5 Å². The Morgan fingerprint density at radius 1 is 1.21 bits per heavy atom. The first kappa shape index (κ1) is 15.6. The molecule has 0 spiro atoms. The zero-order chi connectivity index (χ0) is 14.3. The van der Waals surface area contributed by atoms with Crippen LogP contribution in [0.15, 0.2) is 30.3 Å². The van der Waals surface area contributed by atoms with Crippen LogP contribution in [0.1, 0.15) is 18.4 Å². The number of carbonyl (C=O) groups is 2.